The van der Waals surface area contributed by atoms with Gasteiger partial charge in [-0.3, -0.25) is 4.79 Å². The number of ether oxygens (including phenoxy) is 1. The minimum atomic E-state index is -1.02. The smallest absolute Gasteiger partial charge is 0.326 e. The van der Waals surface area contributed by atoms with Crippen molar-refractivity contribution < 1.29 is 19.4 Å². The van der Waals surface area contributed by atoms with E-state index >= 15 is 0 Å². The number of carboxylic acids is 1. The lowest BCUT2D eigenvalue weighted by molar-refractivity contribution is -0.151. The molecule has 0 aliphatic carbocycles. The van der Waals surface area contributed by atoms with Crippen LogP contribution in [0.2, 0.25) is 0 Å². The maximum Gasteiger partial charge on any atom is 0.326 e. The van der Waals surface area contributed by atoms with Gasteiger partial charge in [0.05, 0.1) is 5.92 Å². The summed E-state index contributed by atoms with van der Waals surface area (Å²) < 4.78 is 6.10. The van der Waals surface area contributed by atoms with Gasteiger partial charge in [-0.2, -0.15) is 0 Å². The third kappa shape index (κ3) is 4.86. The summed E-state index contributed by atoms with van der Waals surface area (Å²) in [6.45, 7) is 0.603. The molecule has 4 aromatic rings. The second-order valence-corrected chi connectivity index (χ2v) is 8.95. The van der Waals surface area contributed by atoms with E-state index < -0.39 is 17.9 Å². The molecule has 1 unspecified atom stereocenters. The first-order chi connectivity index (χ1) is 17.6. The predicted octanol–water partition coefficient (Wildman–Crippen LogP) is 5.44. The Kier molecular flexibility index (Phi) is 6.80. The molecular weight excluding hydrogens is 450 g/mol. The molecule has 1 atom stereocenters. The van der Waals surface area contributed by atoms with Crippen LogP contribution in [0.4, 0.5) is 0 Å². The summed E-state index contributed by atoms with van der Waals surface area (Å²) in [4.78, 5) is 28.0. The van der Waals surface area contributed by atoms with E-state index in [9.17, 15) is 14.7 Å². The Hall–Kier alpha value is -4.38. The predicted molar refractivity (Wildman–Crippen MR) is 138 cm³/mol. The Morgan fingerprint density at radius 3 is 1.97 bits per heavy atom. The van der Waals surface area contributed by atoms with E-state index in [1.165, 1.54) is 4.90 Å². The van der Waals surface area contributed by atoms with Crippen molar-refractivity contribution in [1.82, 2.24) is 4.90 Å². The minimum Gasteiger partial charge on any atom is -0.489 e. The highest BCUT2D eigenvalue weighted by molar-refractivity contribution is 5.91. The van der Waals surface area contributed by atoms with E-state index in [1.54, 1.807) is 0 Å². The number of aliphatic carboxylic acids is 1. The van der Waals surface area contributed by atoms with Gasteiger partial charge in [0.15, 0.2) is 0 Å². The topological polar surface area (TPSA) is 66.8 Å². The third-order valence-electron chi connectivity index (χ3n) is 6.66. The zero-order valence-corrected chi connectivity index (χ0v) is 19.8. The standard InChI is InChI=1S/C31H27NO4/c33-30(29(23-13-6-2-7-14-23)24-15-8-3-9-16-24)32-20-25-17-10-18-28(26(25)19-27(32)31(34)35)36-21-22-11-4-1-5-12-22/h1-18,27,29H,19-21H2,(H,34,35). The van der Waals surface area contributed by atoms with Crippen molar-refractivity contribution in [3.63, 3.8) is 0 Å². The lowest BCUT2D eigenvalue weighted by Gasteiger charge is -2.37. The monoisotopic (exact) mass is 477 g/mol. The van der Waals surface area contributed by atoms with Crippen molar-refractivity contribution in [2.75, 3.05) is 0 Å². The SMILES string of the molecule is O=C(O)C1Cc2c(cccc2OCc2ccccc2)CN1C(=O)C(c1ccccc1)c1ccccc1. The Bertz CT molecular complexity index is 1300. The van der Waals surface area contributed by atoms with Gasteiger partial charge in [0.1, 0.15) is 18.4 Å². The molecule has 4 aromatic carbocycles. The fraction of sp³-hybridized carbons (Fsp3) is 0.161. The van der Waals surface area contributed by atoms with E-state index in [-0.39, 0.29) is 18.9 Å². The van der Waals surface area contributed by atoms with Crippen LogP contribution >= 0.6 is 0 Å². The highest BCUT2D eigenvalue weighted by Crippen LogP contribution is 2.35. The van der Waals surface area contributed by atoms with E-state index in [0.717, 1.165) is 27.8 Å². The fourth-order valence-corrected chi connectivity index (χ4v) is 4.85. The fourth-order valence-electron chi connectivity index (χ4n) is 4.85. The van der Waals surface area contributed by atoms with Gasteiger partial charge >= 0.3 is 5.97 Å². The molecule has 1 aliphatic heterocycles. The molecule has 0 fully saturated rings. The second-order valence-electron chi connectivity index (χ2n) is 8.95. The summed E-state index contributed by atoms with van der Waals surface area (Å²) in [7, 11) is 0. The molecule has 0 spiro atoms. The van der Waals surface area contributed by atoms with Crippen molar-refractivity contribution in [3.05, 3.63) is 137 Å². The molecule has 5 heteroatoms. The number of hydrogen-bond donors (Lipinski definition) is 1. The summed E-state index contributed by atoms with van der Waals surface area (Å²) in [5.74, 6) is -1.17. The van der Waals surface area contributed by atoms with Gasteiger partial charge in [0.2, 0.25) is 5.91 Å². The van der Waals surface area contributed by atoms with Crippen molar-refractivity contribution in [2.45, 2.75) is 31.5 Å². The number of fused-ring (bicyclic) bond motifs is 1. The van der Waals surface area contributed by atoms with Gasteiger partial charge in [0.25, 0.3) is 0 Å². The molecule has 0 aromatic heterocycles. The molecule has 0 saturated heterocycles. The first-order valence-corrected chi connectivity index (χ1v) is 12.0. The zero-order valence-electron chi connectivity index (χ0n) is 19.8. The Morgan fingerprint density at radius 1 is 0.806 bits per heavy atom. The van der Waals surface area contributed by atoms with Crippen LogP contribution in [0.1, 0.15) is 33.7 Å². The average Bonchev–Trinajstić information content (AvgIpc) is 2.93. The molecule has 1 heterocycles. The Labute approximate surface area is 210 Å². The number of carbonyl (C=O) groups excluding carboxylic acids is 1. The third-order valence-corrected chi connectivity index (χ3v) is 6.66. The number of carbonyl (C=O) groups is 2. The molecule has 5 nitrogen and oxygen atoms in total. The van der Waals surface area contributed by atoms with Crippen molar-refractivity contribution >= 4 is 11.9 Å². The molecule has 5 rings (SSSR count). The first kappa shape index (κ1) is 23.4. The van der Waals surface area contributed by atoms with E-state index in [2.05, 4.69) is 0 Å². The number of rotatable bonds is 7. The molecule has 36 heavy (non-hydrogen) atoms. The number of carboxylic acid groups (broad SMARTS) is 1. The van der Waals surface area contributed by atoms with Crippen LogP contribution in [0.3, 0.4) is 0 Å². The molecule has 1 aliphatic rings. The van der Waals surface area contributed by atoms with Gasteiger partial charge in [-0.1, -0.05) is 103 Å². The van der Waals surface area contributed by atoms with Gasteiger partial charge in [-0.05, 0) is 28.3 Å². The summed E-state index contributed by atoms with van der Waals surface area (Å²) in [5.41, 5.74) is 4.46. The first-order valence-electron chi connectivity index (χ1n) is 12.0. The van der Waals surface area contributed by atoms with Crippen molar-refractivity contribution in [1.29, 1.82) is 0 Å². The van der Waals surface area contributed by atoms with Crippen LogP contribution in [0.25, 0.3) is 0 Å². The molecule has 0 bridgehead atoms. The molecule has 180 valence electrons. The number of nitrogens with zero attached hydrogens (tertiary/aromatic N) is 1. The summed E-state index contributed by atoms with van der Waals surface area (Å²) >= 11 is 0. The summed E-state index contributed by atoms with van der Waals surface area (Å²) in [6, 6.07) is 33.6. The van der Waals surface area contributed by atoms with E-state index in [1.807, 2.05) is 109 Å². The van der Waals surface area contributed by atoms with Crippen LogP contribution in [-0.2, 0) is 29.2 Å². The van der Waals surface area contributed by atoms with Crippen LogP contribution in [-0.4, -0.2) is 27.9 Å². The summed E-state index contributed by atoms with van der Waals surface area (Å²) in [6.07, 6.45) is 0.192. The normalized spacial score (nSPS) is 14.8. The van der Waals surface area contributed by atoms with Crippen LogP contribution < -0.4 is 4.74 Å². The van der Waals surface area contributed by atoms with Gasteiger partial charge in [0, 0.05) is 18.5 Å². The average molecular weight is 478 g/mol. The van der Waals surface area contributed by atoms with E-state index in [4.69, 9.17) is 4.74 Å². The molecule has 1 amide bonds. The van der Waals surface area contributed by atoms with Crippen LogP contribution in [0, 0.1) is 0 Å². The largest absolute Gasteiger partial charge is 0.489 e. The molecule has 0 saturated carbocycles. The quantitative estimate of drug-likeness (QED) is 0.385. The second kappa shape index (κ2) is 10.5. The number of hydrogen-bond acceptors (Lipinski definition) is 3. The molecule has 0 radical (unpaired) electrons. The van der Waals surface area contributed by atoms with Crippen molar-refractivity contribution in [2.24, 2.45) is 0 Å². The maximum absolute atomic E-state index is 14.1. The zero-order chi connectivity index (χ0) is 24.9. The Morgan fingerprint density at radius 2 is 1.39 bits per heavy atom. The highest BCUT2D eigenvalue weighted by atomic mass is 16.5. The van der Waals surface area contributed by atoms with Crippen molar-refractivity contribution in [3.8, 4) is 5.75 Å². The highest BCUT2D eigenvalue weighted by Gasteiger charge is 2.39. The lowest BCUT2D eigenvalue weighted by Crippen LogP contribution is -2.50. The van der Waals surface area contributed by atoms with E-state index in [0.29, 0.717) is 12.4 Å². The van der Waals surface area contributed by atoms with Crippen LogP contribution in [0.15, 0.2) is 109 Å². The lowest BCUT2D eigenvalue weighted by atomic mass is 9.87. The Balaban J connectivity index is 1.47. The van der Waals surface area contributed by atoms with Gasteiger partial charge < -0.3 is 14.7 Å². The summed E-state index contributed by atoms with van der Waals surface area (Å²) in [5, 5.41) is 10.2. The van der Waals surface area contributed by atoms with Gasteiger partial charge in [-0.15, -0.1) is 0 Å². The number of benzene rings is 4. The van der Waals surface area contributed by atoms with Crippen LogP contribution in [0.5, 0.6) is 5.75 Å². The number of amides is 1. The maximum atomic E-state index is 14.1. The molecule has 1 N–H and O–H groups in total. The minimum absolute atomic E-state index is 0.192. The molecular formula is C31H27NO4. The van der Waals surface area contributed by atoms with Gasteiger partial charge in [-0.25, -0.2) is 4.79 Å².